The lowest BCUT2D eigenvalue weighted by atomic mass is 9.89. The van der Waals surface area contributed by atoms with Gasteiger partial charge in [0.2, 0.25) is 0 Å². The number of ether oxygens (including phenoxy) is 1. The average molecular weight is 406 g/mol. The predicted octanol–water partition coefficient (Wildman–Crippen LogP) is 3.55. The van der Waals surface area contributed by atoms with Crippen LogP contribution in [0.4, 0.5) is 0 Å². The van der Waals surface area contributed by atoms with E-state index >= 15 is 0 Å². The molecule has 0 spiro atoms. The molecule has 28 heavy (non-hydrogen) atoms. The van der Waals surface area contributed by atoms with Crippen LogP contribution in [0.15, 0.2) is 4.79 Å². The maximum atomic E-state index is 13.6. The standard InChI is InChI=1S/C21H31N3O3S/c1-7-15(21(26)27-12(2)3)24-17(11-23(5)6)22-19-18(20(24)25)14-9-8-13(4)10-16(14)28-19/h12-13,15H,7-11H2,1-6H3. The Hall–Kier alpha value is -1.73. The second-order valence-electron chi connectivity index (χ2n) is 8.38. The molecule has 2 aromatic heterocycles. The molecule has 0 bridgehead atoms. The summed E-state index contributed by atoms with van der Waals surface area (Å²) >= 11 is 1.65. The first kappa shape index (κ1) is 21.0. The minimum absolute atomic E-state index is 0.0959. The number of aryl methyl sites for hydroxylation is 1. The van der Waals surface area contributed by atoms with Gasteiger partial charge in [-0.05, 0) is 65.1 Å². The molecule has 0 fully saturated rings. The molecule has 1 aliphatic rings. The smallest absolute Gasteiger partial charge is 0.329 e. The Bertz CT molecular complexity index is 929. The quantitative estimate of drug-likeness (QED) is 0.688. The monoisotopic (exact) mass is 405 g/mol. The number of nitrogens with zero attached hydrogens (tertiary/aromatic N) is 3. The van der Waals surface area contributed by atoms with Crippen molar-refractivity contribution in [2.45, 2.75) is 72.1 Å². The van der Waals surface area contributed by atoms with E-state index in [2.05, 4.69) is 6.92 Å². The minimum Gasteiger partial charge on any atom is -0.461 e. The van der Waals surface area contributed by atoms with E-state index in [4.69, 9.17) is 9.72 Å². The number of esters is 1. The lowest BCUT2D eigenvalue weighted by Gasteiger charge is -2.23. The first-order valence-electron chi connectivity index (χ1n) is 10.1. The van der Waals surface area contributed by atoms with Crippen molar-refractivity contribution in [2.24, 2.45) is 5.92 Å². The van der Waals surface area contributed by atoms with Crippen molar-refractivity contribution in [1.29, 1.82) is 0 Å². The van der Waals surface area contributed by atoms with E-state index in [0.717, 1.165) is 29.7 Å². The molecule has 0 aliphatic heterocycles. The summed E-state index contributed by atoms with van der Waals surface area (Å²) in [6.45, 7) is 8.31. The molecular weight excluding hydrogens is 374 g/mol. The highest BCUT2D eigenvalue weighted by Crippen LogP contribution is 2.36. The fourth-order valence-corrected chi connectivity index (χ4v) is 5.32. The second-order valence-corrected chi connectivity index (χ2v) is 9.47. The van der Waals surface area contributed by atoms with Crippen molar-refractivity contribution in [1.82, 2.24) is 14.5 Å². The van der Waals surface area contributed by atoms with Gasteiger partial charge in [0.1, 0.15) is 16.7 Å². The summed E-state index contributed by atoms with van der Waals surface area (Å²) in [6, 6.07) is -0.653. The molecule has 2 aromatic rings. The van der Waals surface area contributed by atoms with Crippen molar-refractivity contribution >= 4 is 27.5 Å². The molecule has 7 heteroatoms. The Kier molecular flexibility index (Phi) is 6.25. The van der Waals surface area contributed by atoms with Crippen molar-refractivity contribution in [3.8, 4) is 0 Å². The zero-order chi connectivity index (χ0) is 20.6. The van der Waals surface area contributed by atoms with Crippen LogP contribution in [-0.2, 0) is 28.9 Å². The van der Waals surface area contributed by atoms with Gasteiger partial charge in [0.15, 0.2) is 0 Å². The Morgan fingerprint density at radius 1 is 1.39 bits per heavy atom. The molecule has 6 nitrogen and oxygen atoms in total. The highest BCUT2D eigenvalue weighted by molar-refractivity contribution is 7.18. The first-order valence-corrected chi connectivity index (χ1v) is 10.9. The molecule has 0 aromatic carbocycles. The van der Waals surface area contributed by atoms with Crippen LogP contribution in [0.5, 0.6) is 0 Å². The summed E-state index contributed by atoms with van der Waals surface area (Å²) in [5.74, 6) is 0.897. The van der Waals surface area contributed by atoms with Gasteiger partial charge in [-0.3, -0.25) is 9.36 Å². The molecular formula is C21H31N3O3S. The maximum Gasteiger partial charge on any atom is 0.329 e. The number of carbonyl (C=O) groups excluding carboxylic acids is 1. The number of carbonyl (C=O) groups is 1. The van der Waals surface area contributed by atoms with Crippen molar-refractivity contribution < 1.29 is 9.53 Å². The highest BCUT2D eigenvalue weighted by atomic mass is 32.1. The predicted molar refractivity (Wildman–Crippen MR) is 113 cm³/mol. The zero-order valence-corrected chi connectivity index (χ0v) is 18.6. The summed E-state index contributed by atoms with van der Waals surface area (Å²) in [7, 11) is 3.88. The number of rotatable bonds is 6. The van der Waals surface area contributed by atoms with Crippen molar-refractivity contribution in [3.63, 3.8) is 0 Å². The second kappa shape index (κ2) is 8.33. The molecule has 0 N–H and O–H groups in total. The Labute approximate surface area is 170 Å². The Morgan fingerprint density at radius 3 is 2.71 bits per heavy atom. The fourth-order valence-electron chi connectivity index (χ4n) is 3.93. The normalized spacial score (nSPS) is 17.9. The van der Waals surface area contributed by atoms with Gasteiger partial charge in [-0.25, -0.2) is 9.78 Å². The molecule has 0 amide bonds. The summed E-state index contributed by atoms with van der Waals surface area (Å²) in [4.78, 5) is 35.3. The molecule has 2 atom stereocenters. The molecule has 0 radical (unpaired) electrons. The highest BCUT2D eigenvalue weighted by Gasteiger charge is 2.30. The Morgan fingerprint density at radius 2 is 2.11 bits per heavy atom. The van der Waals surface area contributed by atoms with Gasteiger partial charge in [0.05, 0.1) is 18.0 Å². The van der Waals surface area contributed by atoms with Gasteiger partial charge in [0, 0.05) is 4.88 Å². The van der Waals surface area contributed by atoms with Gasteiger partial charge >= 0.3 is 5.97 Å². The number of aromatic nitrogens is 2. The maximum absolute atomic E-state index is 13.6. The summed E-state index contributed by atoms with van der Waals surface area (Å²) in [6.07, 6.45) is 3.27. The van der Waals surface area contributed by atoms with Crippen molar-refractivity contribution in [2.75, 3.05) is 14.1 Å². The van der Waals surface area contributed by atoms with E-state index in [1.165, 1.54) is 4.88 Å². The van der Waals surface area contributed by atoms with Crippen LogP contribution >= 0.6 is 11.3 Å². The number of hydrogen-bond donors (Lipinski definition) is 0. The number of fused-ring (bicyclic) bond motifs is 3. The molecule has 2 heterocycles. The van der Waals surface area contributed by atoms with Crippen LogP contribution in [0.3, 0.4) is 0 Å². The zero-order valence-electron chi connectivity index (χ0n) is 17.7. The van der Waals surface area contributed by atoms with Crippen LogP contribution in [0.25, 0.3) is 10.2 Å². The van der Waals surface area contributed by atoms with E-state index < -0.39 is 6.04 Å². The third-order valence-electron chi connectivity index (χ3n) is 5.21. The van der Waals surface area contributed by atoms with E-state index in [1.807, 2.05) is 39.8 Å². The molecule has 154 valence electrons. The van der Waals surface area contributed by atoms with Crippen LogP contribution < -0.4 is 5.56 Å². The molecule has 1 aliphatic carbocycles. The largest absolute Gasteiger partial charge is 0.461 e. The van der Waals surface area contributed by atoms with Crippen molar-refractivity contribution in [3.05, 3.63) is 26.6 Å². The van der Waals surface area contributed by atoms with Gasteiger partial charge in [-0.1, -0.05) is 13.8 Å². The van der Waals surface area contributed by atoms with Crippen LogP contribution in [0.1, 0.15) is 62.8 Å². The van der Waals surface area contributed by atoms with Gasteiger partial charge in [-0.15, -0.1) is 11.3 Å². The van der Waals surface area contributed by atoms with Gasteiger partial charge < -0.3 is 9.64 Å². The average Bonchev–Trinajstić information content (AvgIpc) is 2.94. The topological polar surface area (TPSA) is 64.4 Å². The van der Waals surface area contributed by atoms with Gasteiger partial charge in [0.25, 0.3) is 5.56 Å². The summed E-state index contributed by atoms with van der Waals surface area (Å²) < 4.78 is 7.05. The summed E-state index contributed by atoms with van der Waals surface area (Å²) in [5.41, 5.74) is 1.05. The molecule has 0 saturated heterocycles. The SMILES string of the molecule is CCC(C(=O)OC(C)C)n1c(CN(C)C)nc2sc3c(c2c1=O)CCC(C)C3. The fraction of sp³-hybridized carbons (Fsp3) is 0.667. The van der Waals surface area contributed by atoms with Crippen LogP contribution in [-0.4, -0.2) is 40.6 Å². The minimum atomic E-state index is -0.653. The van der Waals surface area contributed by atoms with Gasteiger partial charge in [-0.2, -0.15) is 0 Å². The number of hydrogen-bond acceptors (Lipinski definition) is 6. The molecule has 3 rings (SSSR count). The molecule has 2 unspecified atom stereocenters. The first-order chi connectivity index (χ1) is 13.2. The summed E-state index contributed by atoms with van der Waals surface area (Å²) in [5, 5.41) is 0.713. The van der Waals surface area contributed by atoms with E-state index in [0.29, 0.717) is 30.1 Å². The van der Waals surface area contributed by atoms with Crippen LogP contribution in [0.2, 0.25) is 0 Å². The van der Waals surface area contributed by atoms with E-state index in [9.17, 15) is 9.59 Å². The third-order valence-corrected chi connectivity index (χ3v) is 6.36. The molecule has 0 saturated carbocycles. The van der Waals surface area contributed by atoms with E-state index in [-0.39, 0.29) is 17.6 Å². The van der Waals surface area contributed by atoms with E-state index in [1.54, 1.807) is 15.9 Å². The Balaban J connectivity index is 2.22. The lowest BCUT2D eigenvalue weighted by molar-refractivity contribution is -0.151. The number of thiophene rings is 1. The van der Waals surface area contributed by atoms with Crippen LogP contribution in [0, 0.1) is 5.92 Å². The lowest BCUT2D eigenvalue weighted by Crippen LogP contribution is -2.36. The third kappa shape index (κ3) is 4.01.